The average molecular weight is 498 g/mol. The van der Waals surface area contributed by atoms with E-state index in [2.05, 4.69) is 39.4 Å². The molecule has 1 aromatic heterocycles. The van der Waals surface area contributed by atoms with Gasteiger partial charge in [0.1, 0.15) is 10.0 Å². The Balaban J connectivity index is 1.18. The lowest BCUT2D eigenvalue weighted by atomic mass is 9.72. The van der Waals surface area contributed by atoms with E-state index in [1.54, 1.807) is 11.3 Å². The molecule has 2 aliphatic carbocycles. The van der Waals surface area contributed by atoms with Crippen molar-refractivity contribution < 1.29 is 14.3 Å². The van der Waals surface area contributed by atoms with Crippen LogP contribution in [-0.2, 0) is 14.3 Å². The molecule has 0 N–H and O–H groups in total. The van der Waals surface area contributed by atoms with Gasteiger partial charge in [0.2, 0.25) is 0 Å². The number of piperidine rings is 1. The highest BCUT2D eigenvalue weighted by Crippen LogP contribution is 2.42. The standard InChI is InChI=1S/C28H39N3O3S/c1-33-27(32)22-10-8-20(9-11-22)25-29-30-26(35-25)21-12-14-24(15-13-21)31-18-16-28(34-2,17-19-31)23-6-4-3-5-7-23/h12-15,20,22-23H,3-11,16-19H2,1-2H3/t20-,22-. The topological polar surface area (TPSA) is 64.5 Å². The van der Waals surface area contributed by atoms with Gasteiger partial charge in [0.15, 0.2) is 0 Å². The van der Waals surface area contributed by atoms with Gasteiger partial charge in [-0.2, -0.15) is 0 Å². The number of anilines is 1. The molecule has 0 unspecified atom stereocenters. The van der Waals surface area contributed by atoms with Crippen molar-refractivity contribution in [2.24, 2.45) is 11.8 Å². The van der Waals surface area contributed by atoms with E-state index in [1.165, 1.54) is 44.9 Å². The maximum atomic E-state index is 11.8. The second-order valence-electron chi connectivity index (χ2n) is 10.7. The summed E-state index contributed by atoms with van der Waals surface area (Å²) in [5.74, 6) is 1.10. The molecule has 2 heterocycles. The summed E-state index contributed by atoms with van der Waals surface area (Å²) in [4.78, 5) is 14.3. The van der Waals surface area contributed by atoms with Crippen LogP contribution in [0.5, 0.6) is 0 Å². The van der Waals surface area contributed by atoms with Gasteiger partial charge in [-0.3, -0.25) is 4.79 Å². The van der Waals surface area contributed by atoms with Crippen molar-refractivity contribution in [2.45, 2.75) is 82.1 Å². The summed E-state index contributed by atoms with van der Waals surface area (Å²) in [5, 5.41) is 11.1. The predicted molar refractivity (Wildman–Crippen MR) is 140 cm³/mol. The fourth-order valence-electron chi connectivity index (χ4n) is 6.62. The summed E-state index contributed by atoms with van der Waals surface area (Å²) in [7, 11) is 3.41. The number of nitrogens with zero attached hydrogens (tertiary/aromatic N) is 3. The number of aromatic nitrogens is 2. The zero-order chi connectivity index (χ0) is 24.3. The minimum absolute atomic E-state index is 0.0442. The number of rotatable bonds is 6. The predicted octanol–water partition coefficient (Wildman–Crippen LogP) is 6.22. The third-order valence-corrected chi connectivity index (χ3v) is 10.0. The molecular weight excluding hydrogens is 458 g/mol. The van der Waals surface area contributed by atoms with Gasteiger partial charge in [-0.05, 0) is 81.5 Å². The molecule has 5 rings (SSSR count). The Morgan fingerprint density at radius 2 is 1.63 bits per heavy atom. The van der Waals surface area contributed by atoms with E-state index in [4.69, 9.17) is 9.47 Å². The average Bonchev–Trinajstić information content (AvgIpc) is 3.44. The first kappa shape index (κ1) is 24.7. The SMILES string of the molecule is COC(=O)[C@H]1CC[C@H](c2nnc(-c3ccc(N4CCC(OC)(C5CCCCC5)CC4)cc3)s2)CC1. The summed E-state index contributed by atoms with van der Waals surface area (Å²) in [6, 6.07) is 8.84. The third-order valence-electron chi connectivity index (χ3n) is 8.90. The van der Waals surface area contributed by atoms with Crippen molar-refractivity contribution in [3.05, 3.63) is 29.3 Å². The van der Waals surface area contributed by atoms with Gasteiger partial charge in [0.25, 0.3) is 0 Å². The first-order valence-corrected chi connectivity index (χ1v) is 14.3. The number of esters is 1. The Morgan fingerprint density at radius 1 is 0.943 bits per heavy atom. The van der Waals surface area contributed by atoms with Crippen LogP contribution in [0, 0.1) is 11.8 Å². The molecule has 0 bridgehead atoms. The largest absolute Gasteiger partial charge is 0.469 e. The van der Waals surface area contributed by atoms with Crippen LogP contribution in [0.25, 0.3) is 10.6 Å². The molecule has 1 saturated heterocycles. The van der Waals surface area contributed by atoms with E-state index in [9.17, 15) is 4.79 Å². The van der Waals surface area contributed by atoms with Crippen LogP contribution in [-0.4, -0.2) is 49.1 Å². The highest BCUT2D eigenvalue weighted by molar-refractivity contribution is 7.14. The van der Waals surface area contributed by atoms with Crippen LogP contribution >= 0.6 is 11.3 Å². The number of ether oxygens (including phenoxy) is 2. The van der Waals surface area contributed by atoms with E-state index in [-0.39, 0.29) is 17.5 Å². The molecule has 1 aromatic carbocycles. The molecule has 1 aliphatic heterocycles. The second-order valence-corrected chi connectivity index (χ2v) is 11.7. The van der Waals surface area contributed by atoms with Crippen molar-refractivity contribution >= 4 is 23.0 Å². The summed E-state index contributed by atoms with van der Waals surface area (Å²) < 4.78 is 11.1. The molecule has 3 aliphatic rings. The smallest absolute Gasteiger partial charge is 0.308 e. The summed E-state index contributed by atoms with van der Waals surface area (Å²) in [6.45, 7) is 2.11. The van der Waals surface area contributed by atoms with E-state index in [0.717, 1.165) is 73.1 Å². The lowest BCUT2D eigenvalue weighted by molar-refractivity contribution is -0.146. The van der Waals surface area contributed by atoms with Crippen LogP contribution in [0.3, 0.4) is 0 Å². The number of carbonyl (C=O) groups excluding carboxylic acids is 1. The lowest BCUT2D eigenvalue weighted by Gasteiger charge is -2.47. The van der Waals surface area contributed by atoms with Gasteiger partial charge >= 0.3 is 5.97 Å². The minimum Gasteiger partial charge on any atom is -0.469 e. The van der Waals surface area contributed by atoms with Gasteiger partial charge in [0.05, 0.1) is 18.6 Å². The Kier molecular flexibility index (Phi) is 7.73. The Hall–Kier alpha value is -1.99. The summed E-state index contributed by atoms with van der Waals surface area (Å²) >= 11 is 1.70. The molecule has 2 aromatic rings. The monoisotopic (exact) mass is 497 g/mol. The van der Waals surface area contributed by atoms with E-state index >= 15 is 0 Å². The van der Waals surface area contributed by atoms with Crippen LogP contribution in [0.1, 0.15) is 81.6 Å². The van der Waals surface area contributed by atoms with Crippen molar-refractivity contribution in [3.8, 4) is 10.6 Å². The Bertz CT molecular complexity index is 970. The Morgan fingerprint density at radius 3 is 2.26 bits per heavy atom. The van der Waals surface area contributed by atoms with E-state index in [0.29, 0.717) is 5.92 Å². The van der Waals surface area contributed by atoms with Crippen molar-refractivity contribution in [2.75, 3.05) is 32.2 Å². The molecule has 3 fully saturated rings. The number of methoxy groups -OCH3 is 2. The number of hydrogen-bond acceptors (Lipinski definition) is 7. The quantitative estimate of drug-likeness (QED) is 0.442. The fraction of sp³-hybridized carbons (Fsp3) is 0.679. The van der Waals surface area contributed by atoms with Gasteiger partial charge in [0, 0.05) is 37.4 Å². The van der Waals surface area contributed by atoms with Crippen LogP contribution in [0.15, 0.2) is 24.3 Å². The highest BCUT2D eigenvalue weighted by atomic mass is 32.1. The number of hydrogen-bond donors (Lipinski definition) is 0. The van der Waals surface area contributed by atoms with Crippen LogP contribution < -0.4 is 4.90 Å². The van der Waals surface area contributed by atoms with Gasteiger partial charge in [-0.25, -0.2) is 0 Å². The number of carbonyl (C=O) groups is 1. The molecule has 6 nitrogen and oxygen atoms in total. The van der Waals surface area contributed by atoms with E-state index in [1.807, 2.05) is 7.11 Å². The molecule has 190 valence electrons. The zero-order valence-electron chi connectivity index (χ0n) is 21.2. The third kappa shape index (κ3) is 5.26. The zero-order valence-corrected chi connectivity index (χ0v) is 22.0. The van der Waals surface area contributed by atoms with Crippen molar-refractivity contribution in [1.29, 1.82) is 0 Å². The molecule has 0 spiro atoms. The molecule has 0 amide bonds. The number of benzene rings is 1. The summed E-state index contributed by atoms with van der Waals surface area (Å²) in [6.07, 6.45) is 12.7. The first-order valence-electron chi connectivity index (χ1n) is 13.4. The maximum absolute atomic E-state index is 11.8. The minimum atomic E-state index is -0.0721. The molecular formula is C28H39N3O3S. The molecule has 2 saturated carbocycles. The maximum Gasteiger partial charge on any atom is 0.308 e. The normalized spacial score (nSPS) is 25.4. The summed E-state index contributed by atoms with van der Waals surface area (Å²) in [5.41, 5.74) is 2.50. The van der Waals surface area contributed by atoms with Gasteiger partial charge in [-0.1, -0.05) is 30.6 Å². The Labute approximate surface area is 213 Å². The second kappa shape index (κ2) is 11.0. The molecule has 0 radical (unpaired) electrons. The molecule has 0 atom stereocenters. The lowest BCUT2D eigenvalue weighted by Crippen LogP contribution is -2.50. The fourth-order valence-corrected chi connectivity index (χ4v) is 7.64. The highest BCUT2D eigenvalue weighted by Gasteiger charge is 2.42. The van der Waals surface area contributed by atoms with Crippen molar-refractivity contribution in [1.82, 2.24) is 10.2 Å². The van der Waals surface area contributed by atoms with Gasteiger partial charge < -0.3 is 14.4 Å². The molecule has 35 heavy (non-hydrogen) atoms. The van der Waals surface area contributed by atoms with Gasteiger partial charge in [-0.15, -0.1) is 10.2 Å². The van der Waals surface area contributed by atoms with E-state index < -0.39 is 0 Å². The first-order chi connectivity index (χ1) is 17.1. The van der Waals surface area contributed by atoms with Crippen LogP contribution in [0.2, 0.25) is 0 Å². The van der Waals surface area contributed by atoms with Crippen LogP contribution in [0.4, 0.5) is 5.69 Å². The van der Waals surface area contributed by atoms with Crippen molar-refractivity contribution in [3.63, 3.8) is 0 Å². The molecule has 7 heteroatoms.